The molecule has 1 fully saturated rings. The lowest BCUT2D eigenvalue weighted by Gasteiger charge is -2.25. The van der Waals surface area contributed by atoms with Gasteiger partial charge in [0.25, 0.3) is 0 Å². The predicted molar refractivity (Wildman–Crippen MR) is 71.0 cm³/mol. The van der Waals surface area contributed by atoms with Crippen molar-refractivity contribution >= 4 is 46.8 Å². The van der Waals surface area contributed by atoms with Crippen molar-refractivity contribution in [2.75, 3.05) is 5.01 Å². The number of hydrogen-bond donors (Lipinski definition) is 1. The Balaban J connectivity index is 2.43. The van der Waals surface area contributed by atoms with Crippen molar-refractivity contribution in [3.63, 3.8) is 0 Å². The van der Waals surface area contributed by atoms with Crippen LogP contribution in [0.25, 0.3) is 0 Å². The lowest BCUT2D eigenvalue weighted by atomic mass is 10.1. The van der Waals surface area contributed by atoms with Gasteiger partial charge in [-0.15, -0.1) is 0 Å². The third kappa shape index (κ3) is 2.52. The Morgan fingerprint density at radius 1 is 1.35 bits per heavy atom. The number of anilines is 1. The zero-order chi connectivity index (χ0) is 12.6. The first-order chi connectivity index (χ1) is 8.02. The molecule has 3 nitrogen and oxygen atoms in total. The van der Waals surface area contributed by atoms with E-state index in [1.807, 2.05) is 6.92 Å². The molecule has 1 heterocycles. The second kappa shape index (κ2) is 5.02. The molecule has 2 rings (SSSR count). The maximum atomic E-state index is 11.0. The molecule has 6 heteroatoms. The van der Waals surface area contributed by atoms with Gasteiger partial charge in [0.15, 0.2) is 0 Å². The molecule has 1 aliphatic heterocycles. The molecule has 0 aliphatic carbocycles. The van der Waals surface area contributed by atoms with Gasteiger partial charge in [0.1, 0.15) is 12.3 Å². The molecule has 0 saturated carbocycles. The molecule has 1 aromatic carbocycles. The third-order valence-electron chi connectivity index (χ3n) is 2.67. The number of nitrogens with zero attached hydrogens (tertiary/aromatic N) is 1. The first-order valence-electron chi connectivity index (χ1n) is 5.18. The van der Waals surface area contributed by atoms with Gasteiger partial charge in [-0.3, -0.25) is 5.01 Å². The summed E-state index contributed by atoms with van der Waals surface area (Å²) in [5, 5.41) is 3.03. The summed E-state index contributed by atoms with van der Waals surface area (Å²) in [5.41, 5.74) is 3.76. The van der Waals surface area contributed by atoms with Gasteiger partial charge in [-0.2, -0.15) is 0 Å². The minimum Gasteiger partial charge on any atom is -0.301 e. The van der Waals surface area contributed by atoms with Gasteiger partial charge >= 0.3 is 0 Å². The number of hydrogen-bond acceptors (Lipinski definition) is 3. The number of halogens is 3. The van der Waals surface area contributed by atoms with Gasteiger partial charge in [-0.1, -0.05) is 34.8 Å². The van der Waals surface area contributed by atoms with E-state index in [4.69, 9.17) is 34.8 Å². The van der Waals surface area contributed by atoms with Gasteiger partial charge in [0.2, 0.25) is 0 Å². The normalized spacial score (nSPS) is 24.1. The highest BCUT2D eigenvalue weighted by atomic mass is 35.5. The molecule has 0 aromatic heterocycles. The zero-order valence-electron chi connectivity index (χ0n) is 9.08. The fraction of sp³-hybridized carbons (Fsp3) is 0.364. The minimum absolute atomic E-state index is 0.202. The lowest BCUT2D eigenvalue weighted by molar-refractivity contribution is -0.108. The van der Waals surface area contributed by atoms with E-state index in [-0.39, 0.29) is 12.1 Å². The number of rotatable bonds is 2. The molecule has 1 aromatic rings. The standard InChI is InChI=1S/C11H11Cl3N2O/c1-6-2-8(5-17)16(15-6)11-9(13)3-7(12)4-10(11)14/h3-6,8,15H,2H2,1H3. The Bertz CT molecular complexity index is 429. The molecule has 2 atom stereocenters. The molecule has 0 radical (unpaired) electrons. The molecule has 2 unspecified atom stereocenters. The van der Waals surface area contributed by atoms with Crippen LogP contribution < -0.4 is 10.4 Å². The van der Waals surface area contributed by atoms with E-state index in [1.165, 1.54) is 0 Å². The summed E-state index contributed by atoms with van der Waals surface area (Å²) < 4.78 is 0. The van der Waals surface area contributed by atoms with Crippen molar-refractivity contribution < 1.29 is 4.79 Å². The second-order valence-electron chi connectivity index (χ2n) is 4.06. The van der Waals surface area contributed by atoms with E-state index >= 15 is 0 Å². The van der Waals surface area contributed by atoms with Gasteiger partial charge in [-0.05, 0) is 25.5 Å². The van der Waals surface area contributed by atoms with Crippen LogP contribution >= 0.6 is 34.8 Å². The van der Waals surface area contributed by atoms with E-state index < -0.39 is 0 Å². The molecule has 0 bridgehead atoms. The van der Waals surface area contributed by atoms with Crippen molar-refractivity contribution in [3.8, 4) is 0 Å². The fourth-order valence-corrected chi connectivity index (χ4v) is 2.96. The van der Waals surface area contributed by atoms with Crippen molar-refractivity contribution in [2.45, 2.75) is 25.4 Å². The maximum Gasteiger partial charge on any atom is 0.144 e. The second-order valence-corrected chi connectivity index (χ2v) is 5.31. The first-order valence-corrected chi connectivity index (χ1v) is 6.31. The van der Waals surface area contributed by atoms with Crippen molar-refractivity contribution in [1.29, 1.82) is 0 Å². The van der Waals surface area contributed by atoms with Crippen LogP contribution in [0.1, 0.15) is 13.3 Å². The quantitative estimate of drug-likeness (QED) is 0.849. The topological polar surface area (TPSA) is 32.3 Å². The summed E-state index contributed by atoms with van der Waals surface area (Å²) in [6.45, 7) is 1.99. The van der Waals surface area contributed by atoms with E-state index in [1.54, 1.807) is 17.1 Å². The minimum atomic E-state index is -0.263. The van der Waals surface area contributed by atoms with Crippen LogP contribution in [0.5, 0.6) is 0 Å². The maximum absolute atomic E-state index is 11.0. The highest BCUT2D eigenvalue weighted by molar-refractivity contribution is 6.41. The van der Waals surface area contributed by atoms with E-state index in [0.29, 0.717) is 20.8 Å². The summed E-state index contributed by atoms with van der Waals surface area (Å²) in [6.07, 6.45) is 1.61. The van der Waals surface area contributed by atoms with Crippen LogP contribution in [-0.2, 0) is 4.79 Å². The van der Waals surface area contributed by atoms with Crippen LogP contribution in [0.3, 0.4) is 0 Å². The number of nitrogens with one attached hydrogen (secondary N) is 1. The molecule has 1 N–H and O–H groups in total. The van der Waals surface area contributed by atoms with Crippen molar-refractivity contribution in [1.82, 2.24) is 5.43 Å². The van der Waals surface area contributed by atoms with Gasteiger partial charge < -0.3 is 4.79 Å². The van der Waals surface area contributed by atoms with Crippen LogP contribution in [0, 0.1) is 0 Å². The lowest BCUT2D eigenvalue weighted by Crippen LogP contribution is -2.40. The number of aldehydes is 1. The number of carbonyl (C=O) groups is 1. The Morgan fingerprint density at radius 3 is 2.47 bits per heavy atom. The van der Waals surface area contributed by atoms with Gasteiger partial charge in [-0.25, -0.2) is 5.43 Å². The number of hydrazine groups is 1. The molecule has 17 heavy (non-hydrogen) atoms. The summed E-state index contributed by atoms with van der Waals surface area (Å²) in [4.78, 5) is 11.0. The van der Waals surface area contributed by atoms with E-state index in [0.717, 1.165) is 12.7 Å². The Labute approximate surface area is 115 Å². The smallest absolute Gasteiger partial charge is 0.144 e. The van der Waals surface area contributed by atoms with Gasteiger partial charge in [0.05, 0.1) is 15.7 Å². The summed E-state index contributed by atoms with van der Waals surface area (Å²) in [6, 6.07) is 3.16. The fourth-order valence-electron chi connectivity index (χ4n) is 1.97. The highest BCUT2D eigenvalue weighted by Crippen LogP contribution is 2.38. The SMILES string of the molecule is CC1CC(C=O)N(c2c(Cl)cc(Cl)cc2Cl)N1. The Hall–Kier alpha value is -0.480. The van der Waals surface area contributed by atoms with Crippen LogP contribution in [0.4, 0.5) is 5.69 Å². The zero-order valence-corrected chi connectivity index (χ0v) is 11.4. The molecule has 0 amide bonds. The molecule has 92 valence electrons. The Morgan fingerprint density at radius 2 is 1.94 bits per heavy atom. The number of benzene rings is 1. The number of carbonyl (C=O) groups excluding carboxylic acids is 1. The Kier molecular flexibility index (Phi) is 3.83. The summed E-state index contributed by atoms with van der Waals surface area (Å²) in [7, 11) is 0. The average Bonchev–Trinajstić information content (AvgIpc) is 2.58. The van der Waals surface area contributed by atoms with E-state index in [9.17, 15) is 4.79 Å². The molecule has 1 saturated heterocycles. The third-order valence-corrected chi connectivity index (χ3v) is 3.46. The highest BCUT2D eigenvalue weighted by Gasteiger charge is 2.31. The van der Waals surface area contributed by atoms with Crippen molar-refractivity contribution in [3.05, 3.63) is 27.2 Å². The average molecular weight is 294 g/mol. The largest absolute Gasteiger partial charge is 0.301 e. The monoisotopic (exact) mass is 292 g/mol. The van der Waals surface area contributed by atoms with Crippen molar-refractivity contribution in [2.24, 2.45) is 0 Å². The first kappa shape index (κ1) is 13.0. The predicted octanol–water partition coefficient (Wildman–Crippen LogP) is 3.32. The molecular formula is C11H11Cl3N2O. The summed E-state index contributed by atoms with van der Waals surface area (Å²) >= 11 is 18.1. The van der Waals surface area contributed by atoms with Crippen LogP contribution in [-0.4, -0.2) is 18.4 Å². The molecular weight excluding hydrogens is 282 g/mol. The van der Waals surface area contributed by atoms with Gasteiger partial charge in [0, 0.05) is 11.1 Å². The summed E-state index contributed by atoms with van der Waals surface area (Å²) in [5.74, 6) is 0. The van der Waals surface area contributed by atoms with Crippen LogP contribution in [0.2, 0.25) is 15.1 Å². The molecule has 0 spiro atoms. The molecule has 1 aliphatic rings. The van der Waals surface area contributed by atoms with E-state index in [2.05, 4.69) is 5.43 Å². The van der Waals surface area contributed by atoms with Crippen LogP contribution in [0.15, 0.2) is 12.1 Å².